The predicted molar refractivity (Wildman–Crippen MR) is 79.4 cm³/mol. The van der Waals surface area contributed by atoms with Crippen LogP contribution in [0.5, 0.6) is 0 Å². The zero-order valence-electron chi connectivity index (χ0n) is 12.3. The van der Waals surface area contributed by atoms with E-state index in [1.165, 1.54) is 11.1 Å². The molecule has 2 heterocycles. The van der Waals surface area contributed by atoms with E-state index < -0.39 is 0 Å². The molecule has 0 unspecified atom stereocenters. The number of fused-ring (bicyclic) bond motifs is 1. The summed E-state index contributed by atoms with van der Waals surface area (Å²) >= 11 is 0. The number of pyridine rings is 1. The topological polar surface area (TPSA) is 29.9 Å². The molecule has 0 radical (unpaired) electrons. The highest BCUT2D eigenvalue weighted by Gasteiger charge is 2.22. The Kier molecular flexibility index (Phi) is 3.05. The Morgan fingerprint density at radius 3 is 2.55 bits per heavy atom. The van der Waals surface area contributed by atoms with Crippen LogP contribution < -0.4 is 4.57 Å². The summed E-state index contributed by atoms with van der Waals surface area (Å²) in [6.07, 6.45) is 0. The largest absolute Gasteiger partial charge is 0.414 e. The van der Waals surface area contributed by atoms with Crippen LogP contribution in [0.1, 0.15) is 31.2 Å². The average Bonchev–Trinajstić information content (AvgIpc) is 2.86. The summed E-state index contributed by atoms with van der Waals surface area (Å²) < 4.78 is 7.90. The SMILES string of the molecule is Cc1ccccc1-c1ccc2oc(C(C)C)nc2[n+]1C. The maximum Gasteiger partial charge on any atom is 0.370 e. The van der Waals surface area contributed by atoms with Crippen LogP contribution in [0.25, 0.3) is 22.5 Å². The van der Waals surface area contributed by atoms with E-state index in [4.69, 9.17) is 4.42 Å². The van der Waals surface area contributed by atoms with Gasteiger partial charge in [0.15, 0.2) is 0 Å². The van der Waals surface area contributed by atoms with Gasteiger partial charge in [-0.05, 0) is 29.6 Å². The van der Waals surface area contributed by atoms with Crippen LogP contribution in [0.4, 0.5) is 0 Å². The van der Waals surface area contributed by atoms with Crippen LogP contribution in [0.2, 0.25) is 0 Å². The van der Waals surface area contributed by atoms with Gasteiger partial charge in [0.1, 0.15) is 5.69 Å². The van der Waals surface area contributed by atoms with Crippen molar-refractivity contribution in [2.45, 2.75) is 26.7 Å². The lowest BCUT2D eigenvalue weighted by atomic mass is 10.1. The number of hydrogen-bond acceptors (Lipinski definition) is 2. The fraction of sp³-hybridized carbons (Fsp3) is 0.294. The summed E-state index contributed by atoms with van der Waals surface area (Å²) in [6, 6.07) is 12.5. The molecule has 0 spiro atoms. The molecule has 3 heteroatoms. The summed E-state index contributed by atoms with van der Waals surface area (Å²) in [4.78, 5) is 4.62. The van der Waals surface area contributed by atoms with Crippen molar-refractivity contribution in [3.05, 3.63) is 47.9 Å². The molecule has 0 atom stereocenters. The van der Waals surface area contributed by atoms with E-state index in [2.05, 4.69) is 60.7 Å². The van der Waals surface area contributed by atoms with Crippen molar-refractivity contribution in [3.63, 3.8) is 0 Å². The number of benzene rings is 1. The van der Waals surface area contributed by atoms with Gasteiger partial charge in [0, 0.05) is 5.56 Å². The van der Waals surface area contributed by atoms with E-state index in [-0.39, 0.29) is 0 Å². The maximum atomic E-state index is 5.80. The molecule has 20 heavy (non-hydrogen) atoms. The van der Waals surface area contributed by atoms with E-state index >= 15 is 0 Å². The van der Waals surface area contributed by atoms with Crippen LogP contribution in [-0.4, -0.2) is 4.98 Å². The summed E-state index contributed by atoms with van der Waals surface area (Å²) in [7, 11) is 2.04. The Morgan fingerprint density at radius 2 is 1.85 bits per heavy atom. The summed E-state index contributed by atoms with van der Waals surface area (Å²) in [5, 5.41) is 0. The van der Waals surface area contributed by atoms with Crippen molar-refractivity contribution in [2.75, 3.05) is 0 Å². The predicted octanol–water partition coefficient (Wildman–Crippen LogP) is 3.75. The van der Waals surface area contributed by atoms with Gasteiger partial charge in [0.25, 0.3) is 0 Å². The molecule has 3 rings (SSSR count). The van der Waals surface area contributed by atoms with Crippen LogP contribution in [0.3, 0.4) is 0 Å². The Bertz CT molecular complexity index is 772. The third kappa shape index (κ3) is 1.99. The fourth-order valence-corrected chi connectivity index (χ4v) is 2.45. The first kappa shape index (κ1) is 12.9. The van der Waals surface area contributed by atoms with Gasteiger partial charge in [-0.25, -0.2) is 4.57 Å². The van der Waals surface area contributed by atoms with Gasteiger partial charge in [-0.3, -0.25) is 0 Å². The molecule has 0 aliphatic carbocycles. The first-order valence-electron chi connectivity index (χ1n) is 6.93. The number of aryl methyl sites for hydroxylation is 2. The van der Waals surface area contributed by atoms with Crippen molar-refractivity contribution >= 4 is 11.2 Å². The highest BCUT2D eigenvalue weighted by Crippen LogP contribution is 2.24. The molecule has 0 aliphatic rings. The zero-order valence-corrected chi connectivity index (χ0v) is 12.3. The lowest BCUT2D eigenvalue weighted by Gasteiger charge is -2.05. The molecule has 0 saturated carbocycles. The Hall–Kier alpha value is -2.16. The van der Waals surface area contributed by atoms with Gasteiger partial charge < -0.3 is 4.42 Å². The standard InChI is InChI=1S/C17H19N2O/c1-11(2)17-18-16-15(20-17)10-9-14(19(16)4)13-8-6-5-7-12(13)3/h5-11H,1-4H3/q+1. The summed E-state index contributed by atoms with van der Waals surface area (Å²) in [5.41, 5.74) is 5.38. The molecule has 3 aromatic rings. The molecule has 3 nitrogen and oxygen atoms in total. The minimum atomic E-state index is 0.296. The van der Waals surface area contributed by atoms with Crippen molar-refractivity contribution in [1.29, 1.82) is 0 Å². The second kappa shape index (κ2) is 4.75. The third-order valence-electron chi connectivity index (χ3n) is 3.64. The van der Waals surface area contributed by atoms with Crippen molar-refractivity contribution in [3.8, 4) is 11.3 Å². The number of aromatic nitrogens is 2. The molecule has 2 aromatic heterocycles. The molecule has 0 bridgehead atoms. The number of nitrogens with zero attached hydrogens (tertiary/aromatic N) is 2. The summed E-state index contributed by atoms with van der Waals surface area (Å²) in [5.74, 6) is 1.09. The van der Waals surface area contributed by atoms with E-state index in [1.807, 2.05) is 13.1 Å². The molecule has 0 amide bonds. The summed E-state index contributed by atoms with van der Waals surface area (Å²) in [6.45, 7) is 6.31. The third-order valence-corrected chi connectivity index (χ3v) is 3.64. The fourth-order valence-electron chi connectivity index (χ4n) is 2.45. The van der Waals surface area contributed by atoms with Gasteiger partial charge >= 0.3 is 11.5 Å². The monoisotopic (exact) mass is 267 g/mol. The average molecular weight is 267 g/mol. The first-order chi connectivity index (χ1) is 9.58. The molecule has 0 aliphatic heterocycles. The Balaban J connectivity index is 2.23. The highest BCUT2D eigenvalue weighted by molar-refractivity contribution is 5.69. The molecule has 102 valence electrons. The van der Waals surface area contributed by atoms with Crippen LogP contribution >= 0.6 is 0 Å². The molecular weight excluding hydrogens is 248 g/mol. The normalized spacial score (nSPS) is 11.4. The minimum absolute atomic E-state index is 0.296. The van der Waals surface area contributed by atoms with E-state index in [0.717, 1.165) is 22.8 Å². The Labute approximate surface area is 118 Å². The van der Waals surface area contributed by atoms with Gasteiger partial charge in [0.05, 0.1) is 13.0 Å². The maximum absolute atomic E-state index is 5.80. The lowest BCUT2D eigenvalue weighted by Crippen LogP contribution is -2.32. The molecule has 0 saturated heterocycles. The number of rotatable bonds is 2. The van der Waals surface area contributed by atoms with Gasteiger partial charge in [-0.2, -0.15) is 0 Å². The van der Waals surface area contributed by atoms with E-state index in [9.17, 15) is 0 Å². The van der Waals surface area contributed by atoms with Gasteiger partial charge in [0.2, 0.25) is 5.58 Å². The number of hydrogen-bond donors (Lipinski definition) is 0. The van der Waals surface area contributed by atoms with Crippen LogP contribution in [-0.2, 0) is 7.05 Å². The van der Waals surface area contributed by atoms with E-state index in [1.54, 1.807) is 0 Å². The van der Waals surface area contributed by atoms with Crippen molar-refractivity contribution < 1.29 is 8.98 Å². The second-order valence-electron chi connectivity index (χ2n) is 5.49. The van der Waals surface area contributed by atoms with E-state index in [0.29, 0.717) is 5.92 Å². The zero-order chi connectivity index (χ0) is 14.3. The van der Waals surface area contributed by atoms with Gasteiger partial charge in [-0.15, -0.1) is 0 Å². The lowest BCUT2D eigenvalue weighted by molar-refractivity contribution is -0.635. The molecule has 1 aromatic carbocycles. The molecular formula is C17H19N2O+. The second-order valence-corrected chi connectivity index (χ2v) is 5.49. The Morgan fingerprint density at radius 1 is 1.10 bits per heavy atom. The highest BCUT2D eigenvalue weighted by atomic mass is 16.3. The molecule has 0 N–H and O–H groups in total. The van der Waals surface area contributed by atoms with Crippen LogP contribution in [0, 0.1) is 6.92 Å². The van der Waals surface area contributed by atoms with Crippen LogP contribution in [0.15, 0.2) is 40.8 Å². The number of oxazole rings is 1. The van der Waals surface area contributed by atoms with Crippen molar-refractivity contribution in [2.24, 2.45) is 7.05 Å². The first-order valence-corrected chi connectivity index (χ1v) is 6.93. The quantitative estimate of drug-likeness (QED) is 0.662. The smallest absolute Gasteiger partial charge is 0.370 e. The van der Waals surface area contributed by atoms with Gasteiger partial charge in [-0.1, -0.05) is 38.1 Å². The minimum Gasteiger partial charge on any atom is -0.414 e. The molecule has 0 fully saturated rings. The van der Waals surface area contributed by atoms with Crippen molar-refractivity contribution in [1.82, 2.24) is 4.98 Å².